The largest absolute Gasteiger partial charge is 0.508 e. The molecule has 2 aromatic carbocycles. The molecule has 2 atom stereocenters. The van der Waals surface area contributed by atoms with Crippen LogP contribution in [0.3, 0.4) is 0 Å². The lowest BCUT2D eigenvalue weighted by Gasteiger charge is -2.47. The van der Waals surface area contributed by atoms with Crippen molar-refractivity contribution in [2.75, 3.05) is 7.11 Å². The van der Waals surface area contributed by atoms with E-state index in [-0.39, 0.29) is 22.1 Å². The van der Waals surface area contributed by atoms with Crippen LogP contribution in [-0.2, 0) is 16.0 Å². The molecule has 0 unspecified atom stereocenters. The average molecular weight is 414 g/mol. The van der Waals surface area contributed by atoms with E-state index in [9.17, 15) is 39.9 Å². The summed E-state index contributed by atoms with van der Waals surface area (Å²) in [6.45, 7) is 0.981. The fourth-order valence-corrected chi connectivity index (χ4v) is 4.42. The summed E-state index contributed by atoms with van der Waals surface area (Å²) in [5.41, 5.74) is -6.55. The van der Waals surface area contributed by atoms with Crippen molar-refractivity contribution in [3.63, 3.8) is 0 Å². The van der Waals surface area contributed by atoms with Crippen molar-refractivity contribution in [1.29, 1.82) is 0 Å². The third kappa shape index (κ3) is 2.27. The Morgan fingerprint density at radius 2 is 1.73 bits per heavy atom. The molecule has 0 spiro atoms. The molecule has 0 saturated carbocycles. The smallest absolute Gasteiger partial charge is 0.215 e. The van der Waals surface area contributed by atoms with Gasteiger partial charge in [-0.15, -0.1) is 0 Å². The topological polar surface area (TPSA) is 162 Å². The number of aliphatic hydroxyl groups excluding tert-OH is 1. The van der Waals surface area contributed by atoms with E-state index < -0.39 is 69.8 Å². The van der Waals surface area contributed by atoms with Crippen LogP contribution in [0.4, 0.5) is 0 Å². The third-order valence-corrected chi connectivity index (χ3v) is 5.86. The van der Waals surface area contributed by atoms with Crippen molar-refractivity contribution in [3.8, 4) is 17.2 Å². The number of hydrogen-bond donors (Lipinski definition) is 5. The molecule has 0 amide bonds. The highest BCUT2D eigenvalue weighted by molar-refractivity contribution is 6.24. The number of hydrogen-bond acceptors (Lipinski definition) is 9. The molecule has 9 nitrogen and oxygen atoms in total. The van der Waals surface area contributed by atoms with Gasteiger partial charge in [-0.1, -0.05) is 0 Å². The van der Waals surface area contributed by atoms with Crippen molar-refractivity contribution >= 4 is 28.1 Å². The molecule has 0 heterocycles. The summed E-state index contributed by atoms with van der Waals surface area (Å²) >= 11 is 0. The predicted molar refractivity (Wildman–Crippen MR) is 102 cm³/mol. The van der Waals surface area contributed by atoms with Gasteiger partial charge in [0.1, 0.15) is 34.2 Å². The Morgan fingerprint density at radius 1 is 1.07 bits per heavy atom. The first-order valence-electron chi connectivity index (χ1n) is 8.99. The van der Waals surface area contributed by atoms with E-state index in [2.05, 4.69) is 0 Å². The average Bonchev–Trinajstić information content (AvgIpc) is 2.63. The number of benzene rings is 2. The Kier molecular flexibility index (Phi) is 4.00. The summed E-state index contributed by atoms with van der Waals surface area (Å²) < 4.78 is 5.08. The number of Topliss-reactive ketones (excluding diaryl/α,β-unsaturated/α-hetero) is 3. The van der Waals surface area contributed by atoms with Crippen LogP contribution in [0.1, 0.15) is 29.3 Å². The van der Waals surface area contributed by atoms with Gasteiger partial charge in [0, 0.05) is 18.9 Å². The standard InChI is InChI=1S/C21H18O9/c1-8(22)14-13(24)7-20(28)6-10-3-9-4-11(30-2)5-12(23)15(9)17(25)16(10)19(27)21(20,29)18(14)26/h3-5,23,25-26,28-29H,6-7H2,1-2H3/t20-,21-/m0/s1. The molecule has 30 heavy (non-hydrogen) atoms. The maximum Gasteiger partial charge on any atom is 0.215 e. The molecule has 0 saturated heterocycles. The van der Waals surface area contributed by atoms with Crippen LogP contribution in [-0.4, -0.2) is 61.2 Å². The lowest BCUT2D eigenvalue weighted by Crippen LogP contribution is -2.67. The molecule has 4 rings (SSSR count). The molecular formula is C21H18O9. The summed E-state index contributed by atoms with van der Waals surface area (Å²) in [5, 5.41) is 53.9. The number of fused-ring (bicyclic) bond motifs is 3. The van der Waals surface area contributed by atoms with Crippen molar-refractivity contribution in [1.82, 2.24) is 0 Å². The van der Waals surface area contributed by atoms with E-state index in [0.29, 0.717) is 0 Å². The number of methoxy groups -OCH3 is 1. The molecule has 2 aliphatic carbocycles. The minimum Gasteiger partial charge on any atom is -0.508 e. The van der Waals surface area contributed by atoms with Gasteiger partial charge in [0.25, 0.3) is 0 Å². The first-order valence-corrected chi connectivity index (χ1v) is 8.99. The van der Waals surface area contributed by atoms with Crippen LogP contribution < -0.4 is 4.74 Å². The molecule has 5 N–H and O–H groups in total. The molecule has 0 aromatic heterocycles. The van der Waals surface area contributed by atoms with Gasteiger partial charge < -0.3 is 30.3 Å². The number of aliphatic hydroxyl groups is 3. The molecular weight excluding hydrogens is 396 g/mol. The van der Waals surface area contributed by atoms with Crippen LogP contribution in [0.2, 0.25) is 0 Å². The summed E-state index contributed by atoms with van der Waals surface area (Å²) in [4.78, 5) is 37.4. The van der Waals surface area contributed by atoms with E-state index in [1.807, 2.05) is 0 Å². The summed E-state index contributed by atoms with van der Waals surface area (Å²) in [5.74, 6) is -5.11. The minimum absolute atomic E-state index is 0.0942. The Hall–Kier alpha value is -3.43. The van der Waals surface area contributed by atoms with Gasteiger partial charge in [-0.2, -0.15) is 0 Å². The van der Waals surface area contributed by atoms with Crippen LogP contribution in [0, 0.1) is 0 Å². The number of carbonyl (C=O) groups excluding carboxylic acids is 3. The van der Waals surface area contributed by atoms with Gasteiger partial charge in [-0.05, 0) is 30.0 Å². The Balaban J connectivity index is 2.06. The highest BCUT2D eigenvalue weighted by Crippen LogP contribution is 2.51. The maximum absolute atomic E-state index is 13.3. The lowest BCUT2D eigenvalue weighted by molar-refractivity contribution is -0.151. The predicted octanol–water partition coefficient (Wildman–Crippen LogP) is 0.834. The fourth-order valence-electron chi connectivity index (χ4n) is 4.42. The summed E-state index contributed by atoms with van der Waals surface area (Å²) in [7, 11) is 1.38. The molecule has 0 fully saturated rings. The van der Waals surface area contributed by atoms with Gasteiger partial charge >= 0.3 is 0 Å². The number of carbonyl (C=O) groups is 3. The number of ether oxygens (including phenoxy) is 1. The van der Waals surface area contributed by atoms with Crippen molar-refractivity contribution in [3.05, 3.63) is 40.7 Å². The Morgan fingerprint density at radius 3 is 2.33 bits per heavy atom. The van der Waals surface area contributed by atoms with Crippen LogP contribution in [0.5, 0.6) is 17.2 Å². The number of phenols is 2. The molecule has 156 valence electrons. The second kappa shape index (κ2) is 6.04. The molecule has 0 radical (unpaired) electrons. The quantitative estimate of drug-likeness (QED) is 0.448. The molecule has 0 aliphatic heterocycles. The minimum atomic E-state index is -3.01. The maximum atomic E-state index is 13.3. The zero-order valence-electron chi connectivity index (χ0n) is 16.0. The van der Waals surface area contributed by atoms with Gasteiger partial charge in [0.2, 0.25) is 11.4 Å². The van der Waals surface area contributed by atoms with Crippen LogP contribution in [0.15, 0.2) is 29.5 Å². The van der Waals surface area contributed by atoms with E-state index in [1.54, 1.807) is 0 Å². The second-order valence-corrected chi connectivity index (χ2v) is 7.63. The first kappa shape index (κ1) is 19.9. The Bertz CT molecular complexity index is 1210. The van der Waals surface area contributed by atoms with E-state index in [0.717, 1.165) is 6.92 Å². The molecule has 2 aliphatic rings. The monoisotopic (exact) mass is 414 g/mol. The van der Waals surface area contributed by atoms with E-state index in [4.69, 9.17) is 4.74 Å². The van der Waals surface area contributed by atoms with E-state index >= 15 is 0 Å². The third-order valence-electron chi connectivity index (χ3n) is 5.86. The normalized spacial score (nSPS) is 25.9. The zero-order chi connectivity index (χ0) is 22.2. The number of ketones is 3. The van der Waals surface area contributed by atoms with E-state index in [1.165, 1.54) is 25.3 Å². The van der Waals surface area contributed by atoms with Crippen LogP contribution >= 0.6 is 0 Å². The SMILES string of the molecule is COc1cc(O)c2c(O)c3c(cc2c1)C[C@]1(O)CC(=O)C(C(C)=O)=C(O)[C@]1(O)C3=O. The molecule has 9 heteroatoms. The first-order chi connectivity index (χ1) is 14.0. The van der Waals surface area contributed by atoms with Crippen molar-refractivity contribution in [2.24, 2.45) is 0 Å². The second-order valence-electron chi connectivity index (χ2n) is 7.63. The highest BCUT2D eigenvalue weighted by atomic mass is 16.5. The van der Waals surface area contributed by atoms with Crippen LogP contribution in [0.25, 0.3) is 10.8 Å². The lowest BCUT2D eigenvalue weighted by atomic mass is 9.61. The van der Waals surface area contributed by atoms with Gasteiger partial charge in [-0.25, -0.2) is 0 Å². The molecule has 2 aromatic rings. The summed E-state index contributed by atoms with van der Waals surface area (Å²) in [6, 6.07) is 4.12. The van der Waals surface area contributed by atoms with Gasteiger partial charge in [0.05, 0.1) is 18.1 Å². The zero-order valence-corrected chi connectivity index (χ0v) is 16.0. The van der Waals surface area contributed by atoms with Crippen molar-refractivity contribution < 1.29 is 44.7 Å². The summed E-state index contributed by atoms with van der Waals surface area (Å²) in [6.07, 6.45) is -1.26. The number of rotatable bonds is 2. The highest BCUT2D eigenvalue weighted by Gasteiger charge is 2.66. The number of phenolic OH excluding ortho intramolecular Hbond substituents is 2. The number of aromatic hydroxyl groups is 2. The van der Waals surface area contributed by atoms with Gasteiger partial charge in [0.15, 0.2) is 11.6 Å². The van der Waals surface area contributed by atoms with Crippen molar-refractivity contribution in [2.45, 2.75) is 31.0 Å². The van der Waals surface area contributed by atoms with Gasteiger partial charge in [-0.3, -0.25) is 14.4 Å². The fraction of sp³-hybridized carbons (Fsp3) is 0.286. The molecule has 0 bridgehead atoms. The Labute approximate surface area is 169 Å². The number of allylic oxidation sites excluding steroid dienone is 1.